The van der Waals surface area contributed by atoms with Crippen LogP contribution in [0.25, 0.3) is 0 Å². The first-order valence-electron chi connectivity index (χ1n) is 4.45. The van der Waals surface area contributed by atoms with E-state index in [4.69, 9.17) is 16.3 Å². The summed E-state index contributed by atoms with van der Waals surface area (Å²) in [5.74, 6) is 0.776. The fourth-order valence-corrected chi connectivity index (χ4v) is 1.52. The number of carbonyl (C=O) groups excluding carboxylic acids is 1. The van der Waals surface area contributed by atoms with Gasteiger partial charge in [-0.3, -0.25) is 0 Å². The van der Waals surface area contributed by atoms with E-state index in [1.165, 1.54) is 0 Å². The van der Waals surface area contributed by atoms with Crippen LogP contribution in [0.3, 0.4) is 0 Å². The molecule has 1 rings (SSSR count). The molecule has 0 heterocycles. The molecule has 0 aliphatic heterocycles. The number of halogens is 1. The molecule has 0 radical (unpaired) electrons. The van der Waals surface area contributed by atoms with Crippen molar-refractivity contribution in [1.82, 2.24) is 0 Å². The number of aryl methyl sites for hydroxylation is 1. The van der Waals surface area contributed by atoms with E-state index in [1.807, 2.05) is 19.1 Å². The number of aldehydes is 1. The van der Waals surface area contributed by atoms with Gasteiger partial charge < -0.3 is 9.53 Å². The van der Waals surface area contributed by atoms with Crippen molar-refractivity contribution in [1.29, 1.82) is 0 Å². The van der Waals surface area contributed by atoms with Gasteiger partial charge in [0, 0.05) is 17.0 Å². The number of hydrogen-bond acceptors (Lipinski definition) is 2. The van der Waals surface area contributed by atoms with Gasteiger partial charge in [0.25, 0.3) is 0 Å². The van der Waals surface area contributed by atoms with E-state index in [-0.39, 0.29) is 0 Å². The Morgan fingerprint density at radius 2 is 2.21 bits per heavy atom. The van der Waals surface area contributed by atoms with Gasteiger partial charge in [-0.05, 0) is 31.0 Å². The standard InChI is InChI=1S/C11H13ClO2/c1-8-10(12)6-9(4-3-5-13)7-11(8)14-2/h5-7H,3-4H2,1-2H3. The molecule has 3 heteroatoms. The lowest BCUT2D eigenvalue weighted by atomic mass is 10.1. The molecule has 1 aromatic rings. The minimum Gasteiger partial charge on any atom is -0.496 e. The largest absolute Gasteiger partial charge is 0.496 e. The third-order valence-electron chi connectivity index (χ3n) is 2.13. The summed E-state index contributed by atoms with van der Waals surface area (Å²) in [5.41, 5.74) is 1.97. The summed E-state index contributed by atoms with van der Waals surface area (Å²) >= 11 is 6.01. The maximum Gasteiger partial charge on any atom is 0.123 e. The summed E-state index contributed by atoms with van der Waals surface area (Å²) in [6, 6.07) is 3.80. The zero-order chi connectivity index (χ0) is 10.6. The van der Waals surface area contributed by atoms with Gasteiger partial charge in [0.15, 0.2) is 0 Å². The molecule has 76 valence electrons. The van der Waals surface area contributed by atoms with Crippen LogP contribution in [0.4, 0.5) is 0 Å². The van der Waals surface area contributed by atoms with Crippen LogP contribution in [0, 0.1) is 6.92 Å². The van der Waals surface area contributed by atoms with Gasteiger partial charge in [-0.1, -0.05) is 11.6 Å². The highest BCUT2D eigenvalue weighted by Crippen LogP contribution is 2.27. The summed E-state index contributed by atoms with van der Waals surface area (Å²) in [7, 11) is 1.61. The van der Waals surface area contributed by atoms with E-state index in [9.17, 15) is 4.79 Å². The van der Waals surface area contributed by atoms with Crippen LogP contribution in [-0.2, 0) is 11.2 Å². The molecule has 0 fully saturated rings. The smallest absolute Gasteiger partial charge is 0.123 e. The van der Waals surface area contributed by atoms with E-state index in [0.717, 1.165) is 23.2 Å². The molecule has 0 aromatic heterocycles. The quantitative estimate of drug-likeness (QED) is 0.718. The maximum absolute atomic E-state index is 10.2. The fourth-order valence-electron chi connectivity index (χ4n) is 1.29. The molecule has 2 nitrogen and oxygen atoms in total. The molecule has 0 spiro atoms. The van der Waals surface area contributed by atoms with Crippen molar-refractivity contribution in [3.05, 3.63) is 28.3 Å². The van der Waals surface area contributed by atoms with E-state index < -0.39 is 0 Å². The topological polar surface area (TPSA) is 26.3 Å². The molecule has 0 aliphatic carbocycles. The molecule has 0 amide bonds. The number of methoxy groups -OCH3 is 1. The van der Waals surface area contributed by atoms with E-state index in [0.29, 0.717) is 17.9 Å². The predicted molar refractivity (Wildman–Crippen MR) is 57.1 cm³/mol. The Bertz CT molecular complexity index is 334. The van der Waals surface area contributed by atoms with Gasteiger partial charge in [-0.25, -0.2) is 0 Å². The van der Waals surface area contributed by atoms with Crippen LogP contribution in [0.2, 0.25) is 5.02 Å². The summed E-state index contributed by atoms with van der Waals surface area (Å²) in [5, 5.41) is 0.685. The second-order valence-electron chi connectivity index (χ2n) is 3.11. The molecule has 0 bridgehead atoms. The van der Waals surface area contributed by atoms with Gasteiger partial charge >= 0.3 is 0 Å². The summed E-state index contributed by atoms with van der Waals surface area (Å²) in [6.07, 6.45) is 2.13. The normalized spacial score (nSPS) is 9.93. The van der Waals surface area contributed by atoms with Crippen molar-refractivity contribution < 1.29 is 9.53 Å². The van der Waals surface area contributed by atoms with Gasteiger partial charge in [0.1, 0.15) is 12.0 Å². The van der Waals surface area contributed by atoms with Crippen LogP contribution in [-0.4, -0.2) is 13.4 Å². The molecule has 1 aromatic carbocycles. The Kier molecular flexibility index (Phi) is 3.96. The molecule has 0 unspecified atom stereocenters. The minimum absolute atomic E-state index is 0.516. The third-order valence-corrected chi connectivity index (χ3v) is 2.52. The summed E-state index contributed by atoms with van der Waals surface area (Å²) < 4.78 is 5.17. The van der Waals surface area contributed by atoms with Crippen molar-refractivity contribution in [3.63, 3.8) is 0 Å². The molecule has 0 atom stereocenters. The Morgan fingerprint density at radius 3 is 2.79 bits per heavy atom. The molecule has 0 N–H and O–H groups in total. The van der Waals surface area contributed by atoms with Gasteiger partial charge in [-0.2, -0.15) is 0 Å². The molecular formula is C11H13ClO2. The fraction of sp³-hybridized carbons (Fsp3) is 0.364. The second kappa shape index (κ2) is 5.01. The average molecular weight is 213 g/mol. The minimum atomic E-state index is 0.516. The lowest BCUT2D eigenvalue weighted by Gasteiger charge is -2.08. The maximum atomic E-state index is 10.2. The molecule has 0 saturated heterocycles. The Labute approximate surface area is 88.8 Å². The Hall–Kier alpha value is -1.02. The second-order valence-corrected chi connectivity index (χ2v) is 3.52. The van der Waals surface area contributed by atoms with Crippen LogP contribution in [0.15, 0.2) is 12.1 Å². The van der Waals surface area contributed by atoms with Crippen LogP contribution in [0.5, 0.6) is 5.75 Å². The van der Waals surface area contributed by atoms with Crippen LogP contribution >= 0.6 is 11.6 Å². The number of ether oxygens (including phenoxy) is 1. The van der Waals surface area contributed by atoms with Crippen molar-refractivity contribution in [2.45, 2.75) is 19.8 Å². The first kappa shape index (κ1) is 11.1. The zero-order valence-electron chi connectivity index (χ0n) is 8.34. The van der Waals surface area contributed by atoms with Crippen LogP contribution in [0.1, 0.15) is 17.5 Å². The highest BCUT2D eigenvalue weighted by molar-refractivity contribution is 6.31. The van der Waals surface area contributed by atoms with E-state index >= 15 is 0 Å². The van der Waals surface area contributed by atoms with E-state index in [2.05, 4.69) is 0 Å². The van der Waals surface area contributed by atoms with Crippen molar-refractivity contribution in [2.75, 3.05) is 7.11 Å². The molecule has 0 saturated carbocycles. The Morgan fingerprint density at radius 1 is 1.50 bits per heavy atom. The third kappa shape index (κ3) is 2.48. The average Bonchev–Trinajstić information content (AvgIpc) is 2.19. The van der Waals surface area contributed by atoms with Crippen LogP contribution < -0.4 is 4.74 Å². The lowest BCUT2D eigenvalue weighted by molar-refractivity contribution is -0.107. The predicted octanol–water partition coefficient (Wildman–Crippen LogP) is 2.79. The molecule has 0 aliphatic rings. The van der Waals surface area contributed by atoms with Gasteiger partial charge in [0.2, 0.25) is 0 Å². The summed E-state index contributed by atoms with van der Waals surface area (Å²) in [6.45, 7) is 1.91. The first-order chi connectivity index (χ1) is 6.69. The number of carbonyl (C=O) groups is 1. The Balaban J connectivity index is 2.97. The van der Waals surface area contributed by atoms with Gasteiger partial charge in [-0.15, -0.1) is 0 Å². The highest BCUT2D eigenvalue weighted by atomic mass is 35.5. The first-order valence-corrected chi connectivity index (χ1v) is 4.83. The summed E-state index contributed by atoms with van der Waals surface area (Å²) in [4.78, 5) is 10.2. The highest BCUT2D eigenvalue weighted by Gasteiger charge is 2.05. The lowest BCUT2D eigenvalue weighted by Crippen LogP contribution is -1.92. The van der Waals surface area contributed by atoms with Crippen molar-refractivity contribution in [2.24, 2.45) is 0 Å². The monoisotopic (exact) mass is 212 g/mol. The molecular weight excluding hydrogens is 200 g/mol. The van der Waals surface area contributed by atoms with Crippen molar-refractivity contribution in [3.8, 4) is 5.75 Å². The van der Waals surface area contributed by atoms with E-state index in [1.54, 1.807) is 7.11 Å². The zero-order valence-corrected chi connectivity index (χ0v) is 9.10. The molecule has 14 heavy (non-hydrogen) atoms. The number of benzene rings is 1. The SMILES string of the molecule is COc1cc(CCC=O)cc(Cl)c1C. The number of hydrogen-bond donors (Lipinski definition) is 0. The number of rotatable bonds is 4. The van der Waals surface area contributed by atoms with Gasteiger partial charge in [0.05, 0.1) is 7.11 Å². The van der Waals surface area contributed by atoms with Crippen molar-refractivity contribution >= 4 is 17.9 Å².